The van der Waals surface area contributed by atoms with Crippen LogP contribution < -0.4 is 0 Å². The van der Waals surface area contributed by atoms with Gasteiger partial charge < -0.3 is 4.90 Å². The van der Waals surface area contributed by atoms with E-state index in [1.54, 1.807) is 24.0 Å². The molecule has 84 valence electrons. The number of thioether (sulfide) groups is 1. The van der Waals surface area contributed by atoms with Gasteiger partial charge in [-0.3, -0.25) is 4.79 Å². The predicted molar refractivity (Wildman–Crippen MR) is 63.2 cm³/mol. The molecule has 0 fully saturated rings. The molecule has 0 radical (unpaired) electrons. The van der Waals surface area contributed by atoms with E-state index >= 15 is 0 Å². The lowest BCUT2D eigenvalue weighted by molar-refractivity contribution is 0.102. The smallest absolute Gasteiger partial charge is 0.192 e. The third-order valence-electron chi connectivity index (χ3n) is 2.28. The molecule has 0 spiro atoms. The monoisotopic (exact) mass is 237 g/mol. The van der Waals surface area contributed by atoms with E-state index in [9.17, 15) is 9.18 Å². The van der Waals surface area contributed by atoms with Crippen molar-refractivity contribution in [1.82, 2.24) is 4.90 Å². The Bertz CT molecular complexity index is 468. The van der Waals surface area contributed by atoms with Crippen molar-refractivity contribution in [2.24, 2.45) is 0 Å². The lowest BCUT2D eigenvalue weighted by atomic mass is 10.0. The van der Waals surface area contributed by atoms with Crippen LogP contribution in [0.25, 0.3) is 0 Å². The van der Waals surface area contributed by atoms with Gasteiger partial charge in [0.15, 0.2) is 5.78 Å². The zero-order chi connectivity index (χ0) is 11.7. The van der Waals surface area contributed by atoms with Gasteiger partial charge in [0.2, 0.25) is 0 Å². The van der Waals surface area contributed by atoms with Gasteiger partial charge in [-0.25, -0.2) is 4.39 Å². The van der Waals surface area contributed by atoms with Crippen molar-refractivity contribution in [3.05, 3.63) is 41.4 Å². The van der Waals surface area contributed by atoms with Crippen LogP contribution in [0.3, 0.4) is 0 Å². The normalized spacial score (nSPS) is 17.4. The molecule has 0 saturated carbocycles. The largest absolute Gasteiger partial charge is 0.383 e. The van der Waals surface area contributed by atoms with Gasteiger partial charge in [-0.15, -0.1) is 11.8 Å². The molecule has 1 aliphatic heterocycles. The molecule has 2 rings (SSSR count). The molecule has 0 unspecified atom stereocenters. The fourth-order valence-electron chi connectivity index (χ4n) is 1.61. The highest BCUT2D eigenvalue weighted by molar-refractivity contribution is 7.99. The minimum absolute atomic E-state index is 0.0676. The maximum absolute atomic E-state index is 13.1. The average Bonchev–Trinajstić information content (AvgIpc) is 2.22. The van der Waals surface area contributed by atoms with Gasteiger partial charge in [-0.2, -0.15) is 0 Å². The molecule has 1 heterocycles. The quantitative estimate of drug-likeness (QED) is 0.700. The third kappa shape index (κ3) is 2.11. The van der Waals surface area contributed by atoms with Crippen LogP contribution in [0.2, 0.25) is 0 Å². The van der Waals surface area contributed by atoms with E-state index in [4.69, 9.17) is 0 Å². The van der Waals surface area contributed by atoms with Crippen molar-refractivity contribution >= 4 is 17.5 Å². The Balaban J connectivity index is 2.42. The lowest BCUT2D eigenvalue weighted by Crippen LogP contribution is -2.16. The van der Waals surface area contributed by atoms with E-state index in [-0.39, 0.29) is 11.6 Å². The topological polar surface area (TPSA) is 20.3 Å². The number of hydrogen-bond donors (Lipinski definition) is 0. The highest BCUT2D eigenvalue weighted by Gasteiger charge is 2.22. The summed E-state index contributed by atoms with van der Waals surface area (Å²) in [5.41, 5.74) is 1.19. The minimum Gasteiger partial charge on any atom is -0.383 e. The molecule has 0 N–H and O–H groups in total. The van der Waals surface area contributed by atoms with E-state index in [0.29, 0.717) is 16.9 Å². The van der Waals surface area contributed by atoms with Crippen molar-refractivity contribution in [2.75, 3.05) is 19.8 Å². The van der Waals surface area contributed by atoms with Crippen LogP contribution in [0.15, 0.2) is 34.9 Å². The number of carbonyl (C=O) groups excluding carboxylic acids is 1. The summed E-state index contributed by atoms with van der Waals surface area (Å²) in [7, 11) is 3.73. The van der Waals surface area contributed by atoms with Crippen LogP contribution >= 0.6 is 11.8 Å². The van der Waals surface area contributed by atoms with Crippen LogP contribution in [0.4, 0.5) is 4.39 Å². The van der Waals surface area contributed by atoms with Crippen molar-refractivity contribution in [3.8, 4) is 0 Å². The molecule has 4 heteroatoms. The summed E-state index contributed by atoms with van der Waals surface area (Å²) >= 11 is 1.57. The van der Waals surface area contributed by atoms with Gasteiger partial charge in [0.05, 0.1) is 0 Å². The lowest BCUT2D eigenvalue weighted by Gasteiger charge is -2.18. The average molecular weight is 237 g/mol. The maximum Gasteiger partial charge on any atom is 0.192 e. The van der Waals surface area contributed by atoms with E-state index in [2.05, 4.69) is 0 Å². The Morgan fingerprint density at radius 2 is 2.19 bits per heavy atom. The fraction of sp³-hybridized carbons (Fsp3) is 0.250. The molecule has 1 aliphatic rings. The number of hydrogen-bond acceptors (Lipinski definition) is 3. The molecule has 0 atom stereocenters. The molecule has 0 aromatic heterocycles. The Hall–Kier alpha value is -1.29. The van der Waals surface area contributed by atoms with Crippen molar-refractivity contribution < 1.29 is 9.18 Å². The van der Waals surface area contributed by atoms with Gasteiger partial charge >= 0.3 is 0 Å². The Labute approximate surface area is 98.1 Å². The summed E-state index contributed by atoms with van der Waals surface area (Å²) in [5, 5.41) is 0. The summed E-state index contributed by atoms with van der Waals surface area (Å²) in [6.45, 7) is 0. The summed E-state index contributed by atoms with van der Waals surface area (Å²) in [6, 6.07) is 4.37. The highest BCUT2D eigenvalue weighted by atomic mass is 32.2. The predicted octanol–water partition coefficient (Wildman–Crippen LogP) is 2.56. The number of fused-ring (bicyclic) bond motifs is 1. The molecular weight excluding hydrogens is 225 g/mol. The van der Waals surface area contributed by atoms with E-state index in [1.165, 1.54) is 12.1 Å². The van der Waals surface area contributed by atoms with Gasteiger partial charge in [0.1, 0.15) is 5.82 Å². The summed E-state index contributed by atoms with van der Waals surface area (Å²) in [5.74, 6) is 0.219. The molecule has 0 saturated heterocycles. The number of rotatable bonds is 1. The van der Waals surface area contributed by atoms with Crippen LogP contribution in [0.1, 0.15) is 10.4 Å². The second-order valence-corrected chi connectivity index (χ2v) is 4.89. The van der Waals surface area contributed by atoms with Crippen molar-refractivity contribution in [1.29, 1.82) is 0 Å². The summed E-state index contributed by atoms with van der Waals surface area (Å²) in [4.78, 5) is 14.7. The molecule has 0 bridgehead atoms. The maximum atomic E-state index is 13.1. The van der Waals surface area contributed by atoms with Crippen LogP contribution in [0, 0.1) is 5.82 Å². The van der Waals surface area contributed by atoms with Crippen molar-refractivity contribution in [2.45, 2.75) is 4.90 Å². The standard InChI is InChI=1S/C12H12FNOS/c1-14(2)6-8-7-16-11-4-3-9(13)5-10(11)12(8)15/h3-6H,7H2,1-2H3. The SMILES string of the molecule is CN(C)C=C1CSc2ccc(F)cc2C1=O. The molecule has 2 nitrogen and oxygen atoms in total. The number of carbonyl (C=O) groups is 1. The molecular formula is C12H12FNOS. The number of nitrogens with zero attached hydrogens (tertiary/aromatic N) is 1. The first-order valence-corrected chi connectivity index (χ1v) is 5.90. The molecule has 1 aromatic carbocycles. The second-order valence-electron chi connectivity index (χ2n) is 3.88. The molecule has 16 heavy (non-hydrogen) atoms. The Kier molecular flexibility index (Phi) is 3.01. The van der Waals surface area contributed by atoms with E-state index in [1.807, 2.05) is 19.0 Å². The number of benzene rings is 1. The van der Waals surface area contributed by atoms with Gasteiger partial charge in [0, 0.05) is 42.1 Å². The van der Waals surface area contributed by atoms with Gasteiger partial charge in [-0.05, 0) is 18.2 Å². The van der Waals surface area contributed by atoms with E-state index in [0.717, 1.165) is 4.90 Å². The minimum atomic E-state index is -0.362. The Morgan fingerprint density at radius 1 is 1.44 bits per heavy atom. The van der Waals surface area contributed by atoms with Crippen LogP contribution in [-0.2, 0) is 0 Å². The summed E-state index contributed by atoms with van der Waals surface area (Å²) < 4.78 is 13.1. The van der Waals surface area contributed by atoms with Crippen LogP contribution in [-0.4, -0.2) is 30.5 Å². The van der Waals surface area contributed by atoms with Gasteiger partial charge in [0.25, 0.3) is 0 Å². The highest BCUT2D eigenvalue weighted by Crippen LogP contribution is 2.32. The first-order chi connectivity index (χ1) is 7.58. The zero-order valence-corrected chi connectivity index (χ0v) is 9.97. The molecule has 1 aromatic rings. The molecule has 0 amide bonds. The first kappa shape index (κ1) is 11.2. The zero-order valence-electron chi connectivity index (χ0n) is 9.16. The number of Topliss-reactive ketones (excluding diaryl/α,β-unsaturated/α-hetero) is 1. The Morgan fingerprint density at radius 3 is 2.88 bits per heavy atom. The number of halogens is 1. The van der Waals surface area contributed by atoms with E-state index < -0.39 is 0 Å². The fourth-order valence-corrected chi connectivity index (χ4v) is 2.60. The van der Waals surface area contributed by atoms with Crippen LogP contribution in [0.5, 0.6) is 0 Å². The first-order valence-electron chi connectivity index (χ1n) is 4.92. The second kappa shape index (κ2) is 4.29. The van der Waals surface area contributed by atoms with Crippen molar-refractivity contribution in [3.63, 3.8) is 0 Å². The molecule has 0 aliphatic carbocycles. The summed E-state index contributed by atoms with van der Waals surface area (Å²) in [6.07, 6.45) is 1.79. The van der Waals surface area contributed by atoms with Gasteiger partial charge in [-0.1, -0.05) is 0 Å². The third-order valence-corrected chi connectivity index (χ3v) is 3.40. The number of ketones is 1.